The molecule has 100 valence electrons. The maximum Gasteiger partial charge on any atom is 0.308 e. The lowest BCUT2D eigenvalue weighted by Crippen LogP contribution is -2.23. The summed E-state index contributed by atoms with van der Waals surface area (Å²) in [7, 11) is 0. The first-order valence-electron chi connectivity index (χ1n) is 5.42. The maximum atomic E-state index is 12.9. The number of ether oxygens (including phenoxy) is 1. The van der Waals surface area contributed by atoms with Crippen molar-refractivity contribution in [1.82, 2.24) is 0 Å². The van der Waals surface area contributed by atoms with Gasteiger partial charge in [-0.3, -0.25) is 4.79 Å². The normalized spacial score (nSPS) is 14.1. The van der Waals surface area contributed by atoms with E-state index in [9.17, 15) is 19.4 Å². The van der Waals surface area contributed by atoms with Gasteiger partial charge in [-0.1, -0.05) is 22.0 Å². The molecule has 0 aromatic heterocycles. The van der Waals surface area contributed by atoms with E-state index in [1.54, 1.807) is 6.92 Å². The highest BCUT2D eigenvalue weighted by molar-refractivity contribution is 9.10. The van der Waals surface area contributed by atoms with Crippen LogP contribution in [0.2, 0.25) is 0 Å². The zero-order valence-electron chi connectivity index (χ0n) is 9.77. The first-order chi connectivity index (χ1) is 8.45. The Morgan fingerprint density at radius 3 is 2.72 bits per heavy atom. The smallest absolute Gasteiger partial charge is 0.308 e. The van der Waals surface area contributed by atoms with E-state index in [0.717, 1.165) is 0 Å². The van der Waals surface area contributed by atoms with Crippen LogP contribution < -0.4 is 0 Å². The van der Waals surface area contributed by atoms with Crippen LogP contribution in [0.15, 0.2) is 22.7 Å². The van der Waals surface area contributed by atoms with Gasteiger partial charge in [-0.25, -0.2) is 4.39 Å². The predicted molar refractivity (Wildman–Crippen MR) is 66.3 cm³/mol. The van der Waals surface area contributed by atoms with E-state index < -0.39 is 24.0 Å². The quantitative estimate of drug-likeness (QED) is 0.814. The van der Waals surface area contributed by atoms with Crippen LogP contribution in [0, 0.1) is 5.82 Å². The van der Waals surface area contributed by atoms with Crippen LogP contribution in [0.3, 0.4) is 0 Å². The SMILES string of the molecule is CCOC(=O)CC(O)C(O)c1ccc(F)cc1Br. The van der Waals surface area contributed by atoms with Gasteiger partial charge in [-0.05, 0) is 24.6 Å². The molecule has 1 rings (SSSR count). The lowest BCUT2D eigenvalue weighted by Gasteiger charge is -2.18. The van der Waals surface area contributed by atoms with E-state index in [1.165, 1.54) is 18.2 Å². The van der Waals surface area contributed by atoms with Crippen LogP contribution in [0.4, 0.5) is 4.39 Å². The predicted octanol–water partition coefficient (Wildman–Crippen LogP) is 1.94. The van der Waals surface area contributed by atoms with Crippen molar-refractivity contribution in [1.29, 1.82) is 0 Å². The molecular weight excluding hydrogens is 307 g/mol. The summed E-state index contributed by atoms with van der Waals surface area (Å²) in [5.74, 6) is -1.06. The fourth-order valence-electron chi connectivity index (χ4n) is 1.45. The largest absolute Gasteiger partial charge is 0.466 e. The molecule has 2 N–H and O–H groups in total. The van der Waals surface area contributed by atoms with Crippen molar-refractivity contribution in [2.24, 2.45) is 0 Å². The van der Waals surface area contributed by atoms with Crippen molar-refractivity contribution in [2.45, 2.75) is 25.6 Å². The van der Waals surface area contributed by atoms with Gasteiger partial charge in [0, 0.05) is 4.47 Å². The Kier molecular flexibility index (Phi) is 5.71. The fourth-order valence-corrected chi connectivity index (χ4v) is 2.04. The number of halogens is 2. The Bertz CT molecular complexity index is 425. The lowest BCUT2D eigenvalue weighted by atomic mass is 10.0. The van der Waals surface area contributed by atoms with Gasteiger partial charge < -0.3 is 14.9 Å². The monoisotopic (exact) mass is 320 g/mol. The average molecular weight is 321 g/mol. The van der Waals surface area contributed by atoms with E-state index in [-0.39, 0.29) is 13.0 Å². The van der Waals surface area contributed by atoms with Gasteiger partial charge >= 0.3 is 5.97 Å². The van der Waals surface area contributed by atoms with E-state index in [0.29, 0.717) is 10.0 Å². The molecule has 2 unspecified atom stereocenters. The minimum Gasteiger partial charge on any atom is -0.466 e. The zero-order valence-corrected chi connectivity index (χ0v) is 11.4. The lowest BCUT2D eigenvalue weighted by molar-refractivity contribution is -0.147. The summed E-state index contributed by atoms with van der Waals surface area (Å²) < 4.78 is 17.9. The molecular formula is C12H14BrFO4. The number of carbonyl (C=O) groups is 1. The number of aliphatic hydroxyl groups is 2. The summed E-state index contributed by atoms with van der Waals surface area (Å²) in [6, 6.07) is 3.69. The molecule has 18 heavy (non-hydrogen) atoms. The summed E-state index contributed by atoms with van der Waals surface area (Å²) in [5, 5.41) is 19.6. The van der Waals surface area contributed by atoms with Gasteiger partial charge in [0.05, 0.1) is 19.1 Å². The van der Waals surface area contributed by atoms with E-state index in [1.807, 2.05) is 0 Å². The molecule has 0 aliphatic rings. The van der Waals surface area contributed by atoms with Gasteiger partial charge in [0.1, 0.15) is 11.9 Å². The Morgan fingerprint density at radius 2 is 2.17 bits per heavy atom. The van der Waals surface area contributed by atoms with Gasteiger partial charge in [0.2, 0.25) is 0 Å². The second-order valence-electron chi connectivity index (χ2n) is 3.69. The number of rotatable bonds is 5. The zero-order chi connectivity index (χ0) is 13.7. The molecule has 1 aromatic rings. The molecule has 0 spiro atoms. The number of hydrogen-bond donors (Lipinski definition) is 2. The molecule has 2 atom stereocenters. The van der Waals surface area contributed by atoms with Gasteiger partial charge in [-0.15, -0.1) is 0 Å². The van der Waals surface area contributed by atoms with Crippen molar-refractivity contribution in [3.05, 3.63) is 34.1 Å². The Hall–Kier alpha value is -0.980. The number of aliphatic hydroxyl groups excluding tert-OH is 2. The molecule has 0 radical (unpaired) electrons. The Balaban J connectivity index is 2.73. The molecule has 6 heteroatoms. The molecule has 0 bridgehead atoms. The minimum atomic E-state index is -1.30. The second-order valence-corrected chi connectivity index (χ2v) is 4.54. The number of hydrogen-bond acceptors (Lipinski definition) is 4. The van der Waals surface area contributed by atoms with Gasteiger partial charge in [0.15, 0.2) is 0 Å². The highest BCUT2D eigenvalue weighted by Crippen LogP contribution is 2.27. The van der Waals surface area contributed by atoms with Crippen molar-refractivity contribution in [2.75, 3.05) is 6.61 Å². The topological polar surface area (TPSA) is 66.8 Å². The van der Waals surface area contributed by atoms with Crippen LogP contribution in [-0.2, 0) is 9.53 Å². The van der Waals surface area contributed by atoms with Crippen molar-refractivity contribution >= 4 is 21.9 Å². The summed E-state index contributed by atoms with van der Waals surface area (Å²) in [6.07, 6.45) is -2.91. The van der Waals surface area contributed by atoms with E-state index >= 15 is 0 Å². The van der Waals surface area contributed by atoms with Crippen molar-refractivity contribution in [3.8, 4) is 0 Å². The third-order valence-electron chi connectivity index (χ3n) is 2.33. The fraction of sp³-hybridized carbons (Fsp3) is 0.417. The van der Waals surface area contributed by atoms with Crippen LogP contribution in [0.1, 0.15) is 25.0 Å². The summed E-state index contributed by atoms with van der Waals surface area (Å²) in [4.78, 5) is 11.2. The first kappa shape index (κ1) is 15.1. The van der Waals surface area contributed by atoms with Gasteiger partial charge in [-0.2, -0.15) is 0 Å². The molecule has 0 aliphatic carbocycles. The molecule has 0 aliphatic heterocycles. The number of carbonyl (C=O) groups excluding carboxylic acids is 1. The summed E-state index contributed by atoms with van der Waals surface area (Å²) >= 11 is 3.09. The summed E-state index contributed by atoms with van der Waals surface area (Å²) in [6.45, 7) is 1.86. The highest BCUT2D eigenvalue weighted by atomic mass is 79.9. The van der Waals surface area contributed by atoms with Gasteiger partial charge in [0.25, 0.3) is 0 Å². The third kappa shape index (κ3) is 4.04. The van der Waals surface area contributed by atoms with Crippen LogP contribution >= 0.6 is 15.9 Å². The highest BCUT2D eigenvalue weighted by Gasteiger charge is 2.23. The maximum absolute atomic E-state index is 12.9. The van der Waals surface area contributed by atoms with Crippen LogP contribution in [-0.4, -0.2) is 28.9 Å². The molecule has 0 fully saturated rings. The number of benzene rings is 1. The third-order valence-corrected chi connectivity index (χ3v) is 3.01. The number of esters is 1. The van der Waals surface area contributed by atoms with Crippen LogP contribution in [0.5, 0.6) is 0 Å². The molecule has 0 saturated carbocycles. The van der Waals surface area contributed by atoms with Crippen molar-refractivity contribution < 1.29 is 24.1 Å². The molecule has 0 heterocycles. The molecule has 0 amide bonds. The molecule has 0 saturated heterocycles. The standard InChI is InChI=1S/C12H14BrFO4/c1-2-18-11(16)6-10(15)12(17)8-4-3-7(14)5-9(8)13/h3-5,10,12,15,17H,2,6H2,1H3. The van der Waals surface area contributed by atoms with E-state index in [2.05, 4.69) is 20.7 Å². The summed E-state index contributed by atoms with van der Waals surface area (Å²) in [5.41, 5.74) is 0.313. The minimum absolute atomic E-state index is 0.210. The first-order valence-corrected chi connectivity index (χ1v) is 6.21. The Morgan fingerprint density at radius 1 is 1.50 bits per heavy atom. The second kappa shape index (κ2) is 6.82. The Labute approximate surface area is 113 Å². The average Bonchev–Trinajstić information content (AvgIpc) is 2.28. The molecule has 4 nitrogen and oxygen atoms in total. The van der Waals surface area contributed by atoms with Crippen molar-refractivity contribution in [3.63, 3.8) is 0 Å². The van der Waals surface area contributed by atoms with E-state index in [4.69, 9.17) is 0 Å². The molecule has 1 aromatic carbocycles. The van der Waals surface area contributed by atoms with Crippen LogP contribution in [0.25, 0.3) is 0 Å².